The monoisotopic (exact) mass is 405 g/mol. The highest BCUT2D eigenvalue weighted by Gasteiger charge is 2.22. The summed E-state index contributed by atoms with van der Waals surface area (Å²) in [6.07, 6.45) is 6.16. The minimum Gasteiger partial charge on any atom is -0.492 e. The number of thioether (sulfide) groups is 1. The number of nitrogens with zero attached hydrogens (tertiary/aromatic N) is 1. The summed E-state index contributed by atoms with van der Waals surface area (Å²) >= 11 is 0.887. The molecule has 0 spiro atoms. The van der Waals surface area contributed by atoms with Crippen LogP contribution in [-0.4, -0.2) is 54.0 Å². The number of rotatable bonds is 7. The molecular formula is C20H27N3O4S. The molecule has 1 aliphatic carbocycles. The summed E-state index contributed by atoms with van der Waals surface area (Å²) < 4.78 is 5.61. The van der Waals surface area contributed by atoms with Crippen molar-refractivity contribution < 1.29 is 19.5 Å². The molecule has 7 nitrogen and oxygen atoms in total. The zero-order chi connectivity index (χ0) is 19.8. The Morgan fingerprint density at radius 2 is 1.86 bits per heavy atom. The van der Waals surface area contributed by atoms with E-state index in [-0.39, 0.29) is 5.91 Å². The van der Waals surface area contributed by atoms with Crippen LogP contribution in [0.15, 0.2) is 40.3 Å². The standard InChI is InChI=1S/C20H27N3O4S/c24-19(14-23-11-9-15-3-1-2-4-16(15)13-23)21-10-12-27-17-5-7-18(8-6-17)28-20(25)22-26/h5-8,26H,1-4,9-14H2,(H,21,24)(H,22,25). The third-order valence-electron chi connectivity index (χ3n) is 5.04. The second kappa shape index (κ2) is 10.5. The Bertz CT molecular complexity index is 721. The van der Waals surface area contributed by atoms with E-state index in [1.165, 1.54) is 25.7 Å². The van der Waals surface area contributed by atoms with Gasteiger partial charge in [-0.1, -0.05) is 11.1 Å². The molecule has 3 rings (SSSR count). The molecule has 0 atom stereocenters. The van der Waals surface area contributed by atoms with E-state index in [1.54, 1.807) is 40.9 Å². The summed E-state index contributed by atoms with van der Waals surface area (Å²) in [5.41, 5.74) is 4.77. The quantitative estimate of drug-likeness (QED) is 0.212. The van der Waals surface area contributed by atoms with E-state index in [4.69, 9.17) is 9.94 Å². The van der Waals surface area contributed by atoms with Crippen molar-refractivity contribution in [2.45, 2.75) is 37.0 Å². The normalized spacial score (nSPS) is 17.0. The third-order valence-corrected chi connectivity index (χ3v) is 5.82. The molecular weight excluding hydrogens is 378 g/mol. The van der Waals surface area contributed by atoms with Crippen LogP contribution < -0.4 is 15.5 Å². The van der Waals surface area contributed by atoms with Gasteiger partial charge >= 0.3 is 5.24 Å². The lowest BCUT2D eigenvalue weighted by Gasteiger charge is -2.32. The van der Waals surface area contributed by atoms with E-state index in [0.29, 0.717) is 30.3 Å². The van der Waals surface area contributed by atoms with E-state index in [0.717, 1.165) is 31.3 Å². The Morgan fingerprint density at radius 3 is 2.61 bits per heavy atom. The summed E-state index contributed by atoms with van der Waals surface area (Å²) in [5, 5.41) is 10.9. The van der Waals surface area contributed by atoms with E-state index >= 15 is 0 Å². The summed E-state index contributed by atoms with van der Waals surface area (Å²) in [7, 11) is 0. The van der Waals surface area contributed by atoms with E-state index in [2.05, 4.69) is 10.2 Å². The minimum absolute atomic E-state index is 0.0326. The minimum atomic E-state index is -0.541. The number of carbonyl (C=O) groups excluding carboxylic acids is 2. The molecule has 1 aliphatic heterocycles. The maximum Gasteiger partial charge on any atom is 0.307 e. The van der Waals surface area contributed by atoms with E-state index < -0.39 is 5.24 Å². The van der Waals surface area contributed by atoms with Gasteiger partial charge in [-0.05, 0) is 68.1 Å². The van der Waals surface area contributed by atoms with Crippen LogP contribution in [-0.2, 0) is 4.79 Å². The van der Waals surface area contributed by atoms with Crippen molar-refractivity contribution in [3.05, 3.63) is 35.4 Å². The van der Waals surface area contributed by atoms with Crippen molar-refractivity contribution in [1.82, 2.24) is 15.7 Å². The van der Waals surface area contributed by atoms with Gasteiger partial charge in [0.2, 0.25) is 5.91 Å². The first-order valence-electron chi connectivity index (χ1n) is 9.67. The molecule has 1 heterocycles. The average Bonchev–Trinajstić information content (AvgIpc) is 2.72. The number of ether oxygens (including phenoxy) is 1. The average molecular weight is 406 g/mol. The van der Waals surface area contributed by atoms with Crippen molar-refractivity contribution in [1.29, 1.82) is 0 Å². The first-order valence-corrected chi connectivity index (χ1v) is 10.5. The molecule has 1 aromatic rings. The molecule has 0 saturated heterocycles. The number of nitrogens with one attached hydrogen (secondary N) is 2. The summed E-state index contributed by atoms with van der Waals surface area (Å²) in [6, 6.07) is 6.97. The third kappa shape index (κ3) is 6.25. The van der Waals surface area contributed by atoms with Crippen molar-refractivity contribution in [2.75, 3.05) is 32.8 Å². The summed E-state index contributed by atoms with van der Waals surface area (Å²) in [5.74, 6) is 0.695. The van der Waals surface area contributed by atoms with Crippen LogP contribution in [0.5, 0.6) is 5.75 Å². The van der Waals surface area contributed by atoms with E-state index in [1.807, 2.05) is 0 Å². The highest BCUT2D eigenvalue weighted by atomic mass is 32.2. The maximum atomic E-state index is 12.2. The molecule has 2 aliphatic rings. The summed E-state index contributed by atoms with van der Waals surface area (Å²) in [4.78, 5) is 26.2. The lowest BCUT2D eigenvalue weighted by atomic mass is 9.87. The maximum absolute atomic E-state index is 12.2. The van der Waals surface area contributed by atoms with Gasteiger partial charge in [0.25, 0.3) is 0 Å². The van der Waals surface area contributed by atoms with Crippen LogP contribution in [0.4, 0.5) is 4.79 Å². The van der Waals surface area contributed by atoms with Crippen LogP contribution in [0, 0.1) is 0 Å². The smallest absolute Gasteiger partial charge is 0.307 e. The highest BCUT2D eigenvalue weighted by Crippen LogP contribution is 2.30. The molecule has 28 heavy (non-hydrogen) atoms. The molecule has 0 fully saturated rings. The molecule has 0 bridgehead atoms. The number of hydrogen-bond acceptors (Lipinski definition) is 6. The second-order valence-electron chi connectivity index (χ2n) is 7.05. The van der Waals surface area contributed by atoms with Crippen molar-refractivity contribution in [3.8, 4) is 5.75 Å². The van der Waals surface area contributed by atoms with Crippen LogP contribution in [0.25, 0.3) is 0 Å². The number of amides is 2. The van der Waals surface area contributed by atoms with Gasteiger partial charge in [-0.3, -0.25) is 19.7 Å². The molecule has 0 unspecified atom stereocenters. The zero-order valence-electron chi connectivity index (χ0n) is 15.9. The van der Waals surface area contributed by atoms with Gasteiger partial charge in [0.1, 0.15) is 12.4 Å². The number of benzene rings is 1. The van der Waals surface area contributed by atoms with Crippen LogP contribution in [0.1, 0.15) is 32.1 Å². The van der Waals surface area contributed by atoms with Gasteiger partial charge in [0.15, 0.2) is 0 Å². The largest absolute Gasteiger partial charge is 0.492 e. The Kier molecular flexibility index (Phi) is 7.76. The second-order valence-corrected chi connectivity index (χ2v) is 8.09. The predicted molar refractivity (Wildman–Crippen MR) is 108 cm³/mol. The molecule has 0 radical (unpaired) electrons. The Balaban J connectivity index is 1.32. The molecule has 1 aromatic carbocycles. The zero-order valence-corrected chi connectivity index (χ0v) is 16.7. The Morgan fingerprint density at radius 1 is 1.11 bits per heavy atom. The molecule has 2 amide bonds. The van der Waals surface area contributed by atoms with Crippen LogP contribution >= 0.6 is 11.8 Å². The van der Waals surface area contributed by atoms with Gasteiger partial charge in [0.05, 0.1) is 13.1 Å². The fourth-order valence-corrected chi connectivity index (χ4v) is 4.18. The van der Waals surface area contributed by atoms with Crippen molar-refractivity contribution >= 4 is 22.9 Å². The first kappa shape index (κ1) is 20.7. The number of hydrogen-bond donors (Lipinski definition) is 3. The molecule has 8 heteroatoms. The molecule has 152 valence electrons. The van der Waals surface area contributed by atoms with Gasteiger partial charge < -0.3 is 10.1 Å². The molecule has 0 aromatic heterocycles. The number of hydroxylamine groups is 1. The van der Waals surface area contributed by atoms with Crippen molar-refractivity contribution in [3.63, 3.8) is 0 Å². The first-order chi connectivity index (χ1) is 13.6. The highest BCUT2D eigenvalue weighted by molar-refractivity contribution is 8.13. The van der Waals surface area contributed by atoms with Gasteiger partial charge in [-0.15, -0.1) is 0 Å². The van der Waals surface area contributed by atoms with Crippen molar-refractivity contribution in [2.24, 2.45) is 0 Å². The van der Waals surface area contributed by atoms with Crippen LogP contribution in [0.3, 0.4) is 0 Å². The molecule has 3 N–H and O–H groups in total. The fraction of sp³-hybridized carbons (Fsp3) is 0.500. The predicted octanol–water partition coefficient (Wildman–Crippen LogP) is 2.95. The topological polar surface area (TPSA) is 90.9 Å². The lowest BCUT2D eigenvalue weighted by Crippen LogP contribution is -2.42. The van der Waals surface area contributed by atoms with Crippen LogP contribution in [0.2, 0.25) is 0 Å². The SMILES string of the molecule is O=C(CN1CCC2=C(CCCC2)C1)NCCOc1ccc(SC(=O)NO)cc1. The molecule has 0 saturated carbocycles. The van der Waals surface area contributed by atoms with Gasteiger partial charge in [0, 0.05) is 18.0 Å². The fourth-order valence-electron chi connectivity index (χ4n) is 3.65. The van der Waals surface area contributed by atoms with E-state index in [9.17, 15) is 9.59 Å². The Hall–Kier alpha value is -2.03. The lowest BCUT2D eigenvalue weighted by molar-refractivity contribution is -0.122. The summed E-state index contributed by atoms with van der Waals surface area (Å²) in [6.45, 7) is 3.18. The Labute approximate surface area is 169 Å². The van der Waals surface area contributed by atoms with Gasteiger partial charge in [-0.25, -0.2) is 5.48 Å². The number of carbonyl (C=O) groups is 2. The van der Waals surface area contributed by atoms with Gasteiger partial charge in [-0.2, -0.15) is 0 Å².